The van der Waals surface area contributed by atoms with E-state index in [1.165, 1.54) is 0 Å². The molecule has 2 rings (SSSR count). The number of carboxylic acids is 1. The van der Waals surface area contributed by atoms with E-state index < -0.39 is 5.97 Å². The van der Waals surface area contributed by atoms with Crippen LogP contribution in [-0.4, -0.2) is 35.0 Å². The fourth-order valence-corrected chi connectivity index (χ4v) is 2.71. The van der Waals surface area contributed by atoms with Gasteiger partial charge in [0.2, 0.25) is 5.91 Å². The van der Waals surface area contributed by atoms with Crippen molar-refractivity contribution >= 4 is 17.6 Å². The molecule has 3 N–H and O–H groups in total. The van der Waals surface area contributed by atoms with Gasteiger partial charge < -0.3 is 15.7 Å². The Hall–Kier alpha value is -2.04. The van der Waals surface area contributed by atoms with E-state index in [4.69, 9.17) is 10.8 Å². The second kappa shape index (κ2) is 6.61. The van der Waals surface area contributed by atoms with Crippen LogP contribution >= 0.6 is 0 Å². The lowest BCUT2D eigenvalue weighted by molar-refractivity contribution is -0.145. The summed E-state index contributed by atoms with van der Waals surface area (Å²) in [6.07, 6.45) is 1.55. The molecule has 1 heterocycles. The van der Waals surface area contributed by atoms with Gasteiger partial charge in [-0.1, -0.05) is 19.1 Å². The molecule has 0 bridgehead atoms. The average molecular weight is 290 g/mol. The van der Waals surface area contributed by atoms with Gasteiger partial charge >= 0.3 is 5.97 Å². The third kappa shape index (κ3) is 3.97. The summed E-state index contributed by atoms with van der Waals surface area (Å²) in [5.41, 5.74) is 7.47. The van der Waals surface area contributed by atoms with Gasteiger partial charge in [0.1, 0.15) is 0 Å². The van der Waals surface area contributed by atoms with Crippen molar-refractivity contribution in [2.45, 2.75) is 32.1 Å². The van der Waals surface area contributed by atoms with Crippen molar-refractivity contribution in [3.63, 3.8) is 0 Å². The van der Waals surface area contributed by atoms with E-state index in [1.54, 1.807) is 4.90 Å². The van der Waals surface area contributed by atoms with Gasteiger partial charge in [0, 0.05) is 25.2 Å². The molecular formula is C16H22N2O3. The highest BCUT2D eigenvalue weighted by atomic mass is 16.4. The van der Waals surface area contributed by atoms with Gasteiger partial charge in [0.05, 0.1) is 5.92 Å². The van der Waals surface area contributed by atoms with Crippen molar-refractivity contribution in [2.75, 3.05) is 18.8 Å². The predicted molar refractivity (Wildman–Crippen MR) is 80.8 cm³/mol. The summed E-state index contributed by atoms with van der Waals surface area (Å²) in [6, 6.07) is 7.58. The van der Waals surface area contributed by atoms with E-state index in [9.17, 15) is 9.59 Å². The van der Waals surface area contributed by atoms with Crippen molar-refractivity contribution < 1.29 is 14.7 Å². The van der Waals surface area contributed by atoms with Gasteiger partial charge in [-0.15, -0.1) is 0 Å². The molecule has 5 heteroatoms. The Morgan fingerprint density at radius 1 is 1.29 bits per heavy atom. The Balaban J connectivity index is 1.87. The molecule has 0 spiro atoms. The number of hydrogen-bond donors (Lipinski definition) is 2. The highest BCUT2D eigenvalue weighted by Gasteiger charge is 2.27. The number of nitrogens with two attached hydrogens (primary N) is 1. The van der Waals surface area contributed by atoms with Crippen molar-refractivity contribution in [2.24, 2.45) is 5.92 Å². The Kier molecular flexibility index (Phi) is 4.83. The number of nitrogens with zero attached hydrogens (tertiary/aromatic N) is 1. The van der Waals surface area contributed by atoms with Crippen LogP contribution in [0.3, 0.4) is 0 Å². The van der Waals surface area contributed by atoms with Crippen LogP contribution in [0.2, 0.25) is 0 Å². The molecule has 1 amide bonds. The lowest BCUT2D eigenvalue weighted by atomic mass is 9.94. The van der Waals surface area contributed by atoms with E-state index in [1.807, 2.05) is 31.2 Å². The number of amides is 1. The number of carboxylic acid groups (broad SMARTS) is 1. The number of carbonyl (C=O) groups excluding carboxylic acids is 1. The highest BCUT2D eigenvalue weighted by Crippen LogP contribution is 2.23. The first-order chi connectivity index (χ1) is 9.97. The summed E-state index contributed by atoms with van der Waals surface area (Å²) in [4.78, 5) is 25.0. The first-order valence-corrected chi connectivity index (χ1v) is 7.33. The Morgan fingerprint density at radius 2 is 1.86 bits per heavy atom. The molecule has 1 aromatic rings. The van der Waals surface area contributed by atoms with Gasteiger partial charge in [-0.3, -0.25) is 9.59 Å². The first kappa shape index (κ1) is 15.4. The number of nitrogen functional groups attached to an aromatic ring is 1. The monoisotopic (exact) mass is 290 g/mol. The number of benzene rings is 1. The molecular weight excluding hydrogens is 268 g/mol. The normalized spacial score (nSPS) is 17.5. The molecule has 5 nitrogen and oxygen atoms in total. The summed E-state index contributed by atoms with van der Waals surface area (Å²) < 4.78 is 0. The molecule has 0 aliphatic carbocycles. The molecule has 1 aliphatic heterocycles. The molecule has 1 atom stereocenters. The summed E-state index contributed by atoms with van der Waals surface area (Å²) in [5.74, 6) is -0.820. The molecule has 1 saturated heterocycles. The third-order valence-electron chi connectivity index (χ3n) is 4.18. The summed E-state index contributed by atoms with van der Waals surface area (Å²) >= 11 is 0. The molecule has 0 saturated carbocycles. The van der Waals surface area contributed by atoms with Gasteiger partial charge in [0.25, 0.3) is 0 Å². The number of anilines is 1. The largest absolute Gasteiger partial charge is 0.481 e. The quantitative estimate of drug-likeness (QED) is 0.832. The van der Waals surface area contributed by atoms with Gasteiger partial charge in [0.15, 0.2) is 0 Å². The standard InChI is InChI=1S/C16H22N2O3/c1-11(12-2-4-14(17)5-3-12)10-15(19)18-8-6-13(7-9-18)16(20)21/h2-5,11,13H,6-10,17H2,1H3,(H,20,21). The van der Waals surface area contributed by atoms with Gasteiger partial charge in [-0.2, -0.15) is 0 Å². The molecule has 114 valence electrons. The summed E-state index contributed by atoms with van der Waals surface area (Å²) in [7, 11) is 0. The summed E-state index contributed by atoms with van der Waals surface area (Å²) in [6.45, 7) is 3.11. The smallest absolute Gasteiger partial charge is 0.306 e. The van der Waals surface area contributed by atoms with Crippen LogP contribution in [0.15, 0.2) is 24.3 Å². The topological polar surface area (TPSA) is 83.6 Å². The van der Waals surface area contributed by atoms with Crippen LogP contribution in [0.4, 0.5) is 5.69 Å². The van der Waals surface area contributed by atoms with Crippen LogP contribution in [0, 0.1) is 5.92 Å². The van der Waals surface area contributed by atoms with Crippen molar-refractivity contribution in [3.05, 3.63) is 29.8 Å². The van der Waals surface area contributed by atoms with E-state index in [2.05, 4.69) is 0 Å². The van der Waals surface area contributed by atoms with E-state index in [0.29, 0.717) is 38.0 Å². The van der Waals surface area contributed by atoms with Crippen LogP contribution in [0.5, 0.6) is 0 Å². The zero-order chi connectivity index (χ0) is 15.4. The third-order valence-corrected chi connectivity index (χ3v) is 4.18. The predicted octanol–water partition coefficient (Wildman–Crippen LogP) is 2.09. The molecule has 1 fully saturated rings. The van der Waals surface area contributed by atoms with Crippen molar-refractivity contribution in [3.8, 4) is 0 Å². The Labute approximate surface area is 124 Å². The molecule has 21 heavy (non-hydrogen) atoms. The van der Waals surface area contributed by atoms with Gasteiger partial charge in [-0.25, -0.2) is 0 Å². The van der Waals surface area contributed by atoms with Crippen molar-refractivity contribution in [1.29, 1.82) is 0 Å². The minimum Gasteiger partial charge on any atom is -0.481 e. The number of hydrogen-bond acceptors (Lipinski definition) is 3. The zero-order valence-electron chi connectivity index (χ0n) is 12.3. The molecule has 1 unspecified atom stereocenters. The van der Waals surface area contributed by atoms with Crippen LogP contribution in [0.25, 0.3) is 0 Å². The van der Waals surface area contributed by atoms with Crippen LogP contribution in [-0.2, 0) is 9.59 Å². The van der Waals surface area contributed by atoms with E-state index in [-0.39, 0.29) is 17.7 Å². The van der Waals surface area contributed by atoms with Gasteiger partial charge in [-0.05, 0) is 36.5 Å². The fraction of sp³-hybridized carbons (Fsp3) is 0.500. The maximum Gasteiger partial charge on any atom is 0.306 e. The van der Waals surface area contributed by atoms with Crippen LogP contribution in [0.1, 0.15) is 37.7 Å². The fourth-order valence-electron chi connectivity index (χ4n) is 2.71. The number of carbonyl (C=O) groups is 2. The van der Waals surface area contributed by atoms with E-state index >= 15 is 0 Å². The Bertz CT molecular complexity index is 505. The maximum atomic E-state index is 12.3. The lowest BCUT2D eigenvalue weighted by Gasteiger charge is -2.31. The van der Waals surface area contributed by atoms with Crippen molar-refractivity contribution in [1.82, 2.24) is 4.90 Å². The second-order valence-electron chi connectivity index (χ2n) is 5.77. The highest BCUT2D eigenvalue weighted by molar-refractivity contribution is 5.78. The minimum absolute atomic E-state index is 0.100. The second-order valence-corrected chi connectivity index (χ2v) is 5.77. The average Bonchev–Trinajstić information content (AvgIpc) is 2.47. The first-order valence-electron chi connectivity index (χ1n) is 7.33. The molecule has 1 aliphatic rings. The Morgan fingerprint density at radius 3 is 2.38 bits per heavy atom. The maximum absolute atomic E-state index is 12.3. The number of likely N-dealkylation sites (tertiary alicyclic amines) is 1. The lowest BCUT2D eigenvalue weighted by Crippen LogP contribution is -2.40. The molecule has 0 aromatic heterocycles. The number of piperidine rings is 1. The summed E-state index contributed by atoms with van der Waals surface area (Å²) in [5, 5.41) is 8.97. The zero-order valence-corrected chi connectivity index (χ0v) is 12.3. The van der Waals surface area contributed by atoms with E-state index in [0.717, 1.165) is 5.56 Å². The number of aliphatic carboxylic acids is 1. The molecule has 1 aromatic carbocycles. The van der Waals surface area contributed by atoms with Crippen LogP contribution < -0.4 is 5.73 Å². The number of rotatable bonds is 4. The minimum atomic E-state index is -0.752. The molecule has 0 radical (unpaired) electrons. The SMILES string of the molecule is CC(CC(=O)N1CCC(C(=O)O)CC1)c1ccc(N)cc1.